The molecule has 3 aromatic carbocycles. The highest BCUT2D eigenvalue weighted by molar-refractivity contribution is 7.99. The summed E-state index contributed by atoms with van der Waals surface area (Å²) in [5, 5.41) is 17.5. The first-order valence-electron chi connectivity index (χ1n) is 12.8. The Balaban J connectivity index is 1.49. The van der Waals surface area contributed by atoms with E-state index in [1.807, 2.05) is 73.7 Å². The normalized spacial score (nSPS) is 15.8. The van der Waals surface area contributed by atoms with Gasteiger partial charge in [0.1, 0.15) is 6.04 Å². The van der Waals surface area contributed by atoms with E-state index in [9.17, 15) is 19.5 Å². The van der Waals surface area contributed by atoms with Gasteiger partial charge in [-0.15, -0.1) is 11.8 Å². The Hall–Kier alpha value is -3.40. The number of hydrogen-bond donors (Lipinski definition) is 4. The van der Waals surface area contributed by atoms with Crippen molar-refractivity contribution in [3.8, 4) is 0 Å². The smallest absolute Gasteiger partial charge is 0.243 e. The van der Waals surface area contributed by atoms with Crippen LogP contribution in [0.5, 0.6) is 0 Å². The van der Waals surface area contributed by atoms with Crippen LogP contribution in [0.4, 0.5) is 5.69 Å². The molecule has 1 heterocycles. The Morgan fingerprint density at radius 2 is 1.82 bits per heavy atom. The maximum atomic E-state index is 13.2. The number of benzene rings is 3. The van der Waals surface area contributed by atoms with E-state index in [-0.39, 0.29) is 37.7 Å². The molecule has 9 heteroatoms. The first-order chi connectivity index (χ1) is 18.4. The third-order valence-corrected chi connectivity index (χ3v) is 7.64. The summed E-state index contributed by atoms with van der Waals surface area (Å²) in [7, 11) is 0. The van der Waals surface area contributed by atoms with Gasteiger partial charge in [0.15, 0.2) is 0 Å². The van der Waals surface area contributed by atoms with E-state index < -0.39 is 24.1 Å². The minimum atomic E-state index is -0.872. The molecule has 3 atom stereocenters. The number of hydrogen-bond acceptors (Lipinski definition) is 6. The predicted molar refractivity (Wildman–Crippen MR) is 151 cm³/mol. The number of amides is 3. The average Bonchev–Trinajstić information content (AvgIpc) is 3.08. The molecule has 0 radical (unpaired) electrons. The molecule has 5 N–H and O–H groups in total. The van der Waals surface area contributed by atoms with Gasteiger partial charge in [0.2, 0.25) is 17.7 Å². The van der Waals surface area contributed by atoms with Gasteiger partial charge in [-0.1, -0.05) is 54.6 Å². The van der Waals surface area contributed by atoms with Gasteiger partial charge in [0.25, 0.3) is 0 Å². The van der Waals surface area contributed by atoms with E-state index in [2.05, 4.69) is 10.6 Å². The van der Waals surface area contributed by atoms with Gasteiger partial charge in [-0.3, -0.25) is 14.4 Å². The van der Waals surface area contributed by atoms with Gasteiger partial charge in [0, 0.05) is 49.0 Å². The molecule has 3 aromatic rings. The van der Waals surface area contributed by atoms with E-state index in [0.29, 0.717) is 12.2 Å². The third-order valence-electron chi connectivity index (χ3n) is 6.58. The first kappa shape index (κ1) is 27.6. The molecule has 3 amide bonds. The van der Waals surface area contributed by atoms with Gasteiger partial charge in [-0.05, 0) is 35.4 Å². The number of aliphatic hydroxyl groups is 1. The van der Waals surface area contributed by atoms with Gasteiger partial charge in [-0.2, -0.15) is 0 Å². The highest BCUT2D eigenvalue weighted by Gasteiger charge is 2.29. The van der Waals surface area contributed by atoms with Crippen molar-refractivity contribution in [2.75, 3.05) is 23.7 Å². The molecule has 0 aromatic heterocycles. The minimum Gasteiger partial charge on any atom is -0.390 e. The second-order valence-corrected chi connectivity index (χ2v) is 10.7. The molecule has 0 saturated carbocycles. The summed E-state index contributed by atoms with van der Waals surface area (Å²) in [6.07, 6.45) is -0.167. The standard InChI is InChI=1S/C29H34N4O4S/c1-19(33-25-8-4-5-9-26(25)38-13-12-28(33)36)14-27(35)32-24(29(37)31-18-23(34)17-30)16-20-10-11-21-6-2-3-7-22(21)15-20/h2-11,15,19,23-24,34H,12-14,16-18,30H2,1H3,(H,31,37)(H,32,35)/t19?,23-,24?/m1/s1. The topological polar surface area (TPSA) is 125 Å². The number of aliphatic hydroxyl groups excluding tert-OH is 1. The van der Waals surface area contributed by atoms with Crippen LogP contribution >= 0.6 is 11.8 Å². The molecule has 0 bridgehead atoms. The van der Waals surface area contributed by atoms with Crippen LogP contribution in [0.1, 0.15) is 25.3 Å². The Kier molecular flexibility index (Phi) is 9.38. The summed E-state index contributed by atoms with van der Waals surface area (Å²) >= 11 is 1.63. The van der Waals surface area contributed by atoms with Crippen molar-refractivity contribution in [1.82, 2.24) is 10.6 Å². The molecule has 200 valence electrons. The zero-order chi connectivity index (χ0) is 27.1. The first-order valence-corrected chi connectivity index (χ1v) is 13.8. The number of nitrogens with zero attached hydrogens (tertiary/aromatic N) is 1. The van der Waals surface area contributed by atoms with Crippen LogP contribution in [0.2, 0.25) is 0 Å². The van der Waals surface area contributed by atoms with Gasteiger partial charge in [-0.25, -0.2) is 0 Å². The second-order valence-electron chi connectivity index (χ2n) is 9.52. The number of nitrogens with two attached hydrogens (primary N) is 1. The van der Waals surface area contributed by atoms with Gasteiger partial charge >= 0.3 is 0 Å². The number of fused-ring (bicyclic) bond motifs is 2. The van der Waals surface area contributed by atoms with E-state index in [1.54, 1.807) is 16.7 Å². The second kappa shape index (κ2) is 12.9. The summed E-state index contributed by atoms with van der Waals surface area (Å²) in [6.45, 7) is 1.86. The number of carbonyl (C=O) groups is 3. The number of nitrogens with one attached hydrogen (secondary N) is 2. The lowest BCUT2D eigenvalue weighted by Crippen LogP contribution is -2.51. The number of thioether (sulfide) groups is 1. The van der Waals surface area contributed by atoms with Crippen molar-refractivity contribution < 1.29 is 19.5 Å². The highest BCUT2D eigenvalue weighted by Crippen LogP contribution is 2.35. The van der Waals surface area contributed by atoms with Crippen LogP contribution in [0.25, 0.3) is 10.8 Å². The lowest BCUT2D eigenvalue weighted by atomic mass is 10.0. The van der Waals surface area contributed by atoms with Crippen molar-refractivity contribution in [3.63, 3.8) is 0 Å². The predicted octanol–water partition coefficient (Wildman–Crippen LogP) is 2.61. The van der Waals surface area contributed by atoms with E-state index in [1.165, 1.54) is 0 Å². The molecule has 0 fully saturated rings. The summed E-state index contributed by atoms with van der Waals surface area (Å²) in [4.78, 5) is 41.9. The summed E-state index contributed by atoms with van der Waals surface area (Å²) in [5.74, 6) is -0.0725. The van der Waals surface area contributed by atoms with Crippen LogP contribution < -0.4 is 21.3 Å². The summed E-state index contributed by atoms with van der Waals surface area (Å²) < 4.78 is 0. The third kappa shape index (κ3) is 6.92. The quantitative estimate of drug-likeness (QED) is 0.317. The van der Waals surface area contributed by atoms with Crippen LogP contribution in [0.15, 0.2) is 71.6 Å². The zero-order valence-corrected chi connectivity index (χ0v) is 22.2. The van der Waals surface area contributed by atoms with Crippen molar-refractivity contribution in [2.45, 2.75) is 49.3 Å². The zero-order valence-electron chi connectivity index (χ0n) is 21.4. The highest BCUT2D eigenvalue weighted by atomic mass is 32.2. The number of rotatable bonds is 10. The largest absolute Gasteiger partial charge is 0.390 e. The molecular formula is C29H34N4O4S. The average molecular weight is 535 g/mol. The molecule has 2 unspecified atom stereocenters. The summed E-state index contributed by atoms with van der Waals surface area (Å²) in [6, 6.07) is 20.3. The van der Waals surface area contributed by atoms with Crippen LogP contribution in [0.3, 0.4) is 0 Å². The van der Waals surface area contributed by atoms with Crippen molar-refractivity contribution >= 4 is 45.9 Å². The maximum absolute atomic E-state index is 13.2. The van der Waals surface area contributed by atoms with Crippen LogP contribution in [-0.4, -0.2) is 59.9 Å². The molecule has 8 nitrogen and oxygen atoms in total. The van der Waals surface area contributed by atoms with Crippen molar-refractivity contribution in [3.05, 3.63) is 72.3 Å². The van der Waals surface area contributed by atoms with Crippen LogP contribution in [0, 0.1) is 0 Å². The van der Waals surface area contributed by atoms with E-state index in [4.69, 9.17) is 5.73 Å². The fourth-order valence-corrected chi connectivity index (χ4v) is 5.60. The lowest BCUT2D eigenvalue weighted by Gasteiger charge is -2.29. The van der Waals surface area contributed by atoms with E-state index in [0.717, 1.165) is 26.9 Å². The number of anilines is 1. The maximum Gasteiger partial charge on any atom is 0.243 e. The Morgan fingerprint density at radius 1 is 1.08 bits per heavy atom. The fourth-order valence-electron chi connectivity index (χ4n) is 4.61. The molecule has 1 aliphatic heterocycles. The Morgan fingerprint density at radius 3 is 2.61 bits per heavy atom. The molecule has 0 spiro atoms. The molecule has 0 aliphatic carbocycles. The molecule has 0 saturated heterocycles. The van der Waals surface area contributed by atoms with Gasteiger partial charge in [0.05, 0.1) is 11.8 Å². The Bertz CT molecular complexity index is 1300. The van der Waals surface area contributed by atoms with Crippen molar-refractivity contribution in [2.24, 2.45) is 5.73 Å². The van der Waals surface area contributed by atoms with E-state index >= 15 is 0 Å². The van der Waals surface area contributed by atoms with Gasteiger partial charge < -0.3 is 26.4 Å². The summed E-state index contributed by atoms with van der Waals surface area (Å²) in [5.41, 5.74) is 7.17. The molecule has 38 heavy (non-hydrogen) atoms. The number of para-hydroxylation sites is 1. The molecule has 1 aliphatic rings. The van der Waals surface area contributed by atoms with Crippen molar-refractivity contribution in [1.29, 1.82) is 0 Å². The molecular weight excluding hydrogens is 500 g/mol. The monoisotopic (exact) mass is 534 g/mol. The molecule has 4 rings (SSSR count). The minimum absolute atomic E-state index is 0.00738. The Labute approximate surface area is 227 Å². The lowest BCUT2D eigenvalue weighted by molar-refractivity contribution is -0.129. The van der Waals surface area contributed by atoms with Crippen LogP contribution in [-0.2, 0) is 20.8 Å². The SMILES string of the molecule is CC(CC(=O)NC(Cc1ccc2ccccc2c1)C(=O)NC[C@H](O)CN)N1C(=O)CCSc2ccccc21. The number of carbonyl (C=O) groups excluding carboxylic acids is 3. The fraction of sp³-hybridized carbons (Fsp3) is 0.345.